The summed E-state index contributed by atoms with van der Waals surface area (Å²) < 4.78 is 11.5. The maximum absolute atomic E-state index is 10.5. The Morgan fingerprint density at radius 2 is 2.12 bits per heavy atom. The summed E-state index contributed by atoms with van der Waals surface area (Å²) in [6, 6.07) is 3.61. The van der Waals surface area contributed by atoms with Gasteiger partial charge < -0.3 is 14.6 Å². The number of carbonyl (C=O) groups is 1. The van der Waals surface area contributed by atoms with Crippen molar-refractivity contribution in [2.75, 3.05) is 13.7 Å². The summed E-state index contributed by atoms with van der Waals surface area (Å²) >= 11 is 3.40. The predicted molar refractivity (Wildman–Crippen MR) is 67.8 cm³/mol. The van der Waals surface area contributed by atoms with Gasteiger partial charge in [0.15, 0.2) is 11.5 Å². The van der Waals surface area contributed by atoms with Crippen molar-refractivity contribution in [2.45, 2.75) is 19.8 Å². The van der Waals surface area contributed by atoms with Gasteiger partial charge in [0.2, 0.25) is 0 Å². The zero-order chi connectivity index (χ0) is 12.8. The van der Waals surface area contributed by atoms with Gasteiger partial charge in [0.05, 0.1) is 13.7 Å². The third-order valence-corrected chi connectivity index (χ3v) is 2.98. The smallest absolute Gasteiger partial charge is 0.303 e. The normalized spacial score (nSPS) is 10.1. The van der Waals surface area contributed by atoms with Crippen molar-refractivity contribution >= 4 is 21.9 Å². The van der Waals surface area contributed by atoms with Gasteiger partial charge in [-0.25, -0.2) is 0 Å². The van der Waals surface area contributed by atoms with Gasteiger partial charge in [-0.3, -0.25) is 4.79 Å². The molecule has 0 radical (unpaired) electrons. The Morgan fingerprint density at radius 1 is 1.41 bits per heavy atom. The molecule has 0 saturated carbocycles. The summed E-state index contributed by atoms with van der Waals surface area (Å²) in [5.74, 6) is 0.459. The molecule has 0 aliphatic rings. The lowest BCUT2D eigenvalue weighted by molar-refractivity contribution is -0.136. The van der Waals surface area contributed by atoms with E-state index in [0.29, 0.717) is 24.5 Å². The number of benzene rings is 1. The highest BCUT2D eigenvalue weighted by Crippen LogP contribution is 2.34. The van der Waals surface area contributed by atoms with Crippen LogP contribution in [-0.2, 0) is 11.2 Å². The van der Waals surface area contributed by atoms with Gasteiger partial charge >= 0.3 is 5.97 Å². The molecule has 0 aliphatic heterocycles. The van der Waals surface area contributed by atoms with Crippen molar-refractivity contribution in [3.8, 4) is 11.5 Å². The van der Waals surface area contributed by atoms with Gasteiger partial charge in [-0.2, -0.15) is 0 Å². The fraction of sp³-hybridized carbons (Fsp3) is 0.417. The minimum Gasteiger partial charge on any atom is -0.493 e. The van der Waals surface area contributed by atoms with Crippen LogP contribution in [0.25, 0.3) is 0 Å². The minimum atomic E-state index is -0.815. The van der Waals surface area contributed by atoms with Crippen LogP contribution in [0, 0.1) is 0 Å². The quantitative estimate of drug-likeness (QED) is 0.878. The third kappa shape index (κ3) is 3.93. The van der Waals surface area contributed by atoms with Gasteiger partial charge in [-0.05, 0) is 31.0 Å². The molecule has 1 N–H and O–H groups in total. The van der Waals surface area contributed by atoms with E-state index in [1.165, 1.54) is 0 Å². The molecule has 0 saturated heterocycles. The fourth-order valence-electron chi connectivity index (χ4n) is 1.44. The Morgan fingerprint density at radius 3 is 2.65 bits per heavy atom. The number of ether oxygens (including phenoxy) is 2. The summed E-state index contributed by atoms with van der Waals surface area (Å²) in [5.41, 5.74) is 0.896. The van der Waals surface area contributed by atoms with E-state index in [1.807, 2.05) is 6.92 Å². The molecule has 0 aliphatic carbocycles. The Balaban J connectivity index is 2.95. The van der Waals surface area contributed by atoms with Crippen LogP contribution in [0.15, 0.2) is 16.6 Å². The van der Waals surface area contributed by atoms with Crippen molar-refractivity contribution in [1.82, 2.24) is 0 Å². The number of aryl methyl sites for hydroxylation is 1. The lowest BCUT2D eigenvalue weighted by Crippen LogP contribution is -2.00. The van der Waals surface area contributed by atoms with Crippen LogP contribution in [0.4, 0.5) is 0 Å². The van der Waals surface area contributed by atoms with E-state index in [-0.39, 0.29) is 6.42 Å². The van der Waals surface area contributed by atoms with Crippen molar-refractivity contribution in [3.05, 3.63) is 22.2 Å². The van der Waals surface area contributed by atoms with Crippen LogP contribution < -0.4 is 9.47 Å². The Labute approximate surface area is 109 Å². The number of halogens is 1. The van der Waals surface area contributed by atoms with Crippen LogP contribution in [0.2, 0.25) is 0 Å². The van der Waals surface area contributed by atoms with Gasteiger partial charge in [-0.15, -0.1) is 0 Å². The van der Waals surface area contributed by atoms with Gasteiger partial charge in [-0.1, -0.05) is 15.9 Å². The van der Waals surface area contributed by atoms with E-state index in [0.717, 1.165) is 10.0 Å². The highest BCUT2D eigenvalue weighted by atomic mass is 79.9. The second-order valence-electron chi connectivity index (χ2n) is 3.42. The molecule has 0 unspecified atom stereocenters. The maximum atomic E-state index is 10.5. The molecule has 0 fully saturated rings. The molecule has 0 atom stereocenters. The maximum Gasteiger partial charge on any atom is 0.303 e. The molecule has 0 spiro atoms. The van der Waals surface area contributed by atoms with Gasteiger partial charge in [0.1, 0.15) is 0 Å². The van der Waals surface area contributed by atoms with Gasteiger partial charge in [0.25, 0.3) is 0 Å². The number of carboxylic acid groups (broad SMARTS) is 1. The fourth-order valence-corrected chi connectivity index (χ4v) is 1.96. The summed E-state index contributed by atoms with van der Waals surface area (Å²) in [6.45, 7) is 2.45. The molecule has 0 heterocycles. The average molecular weight is 303 g/mol. The first kappa shape index (κ1) is 13.8. The molecule has 94 valence electrons. The van der Waals surface area contributed by atoms with E-state index < -0.39 is 5.97 Å². The molecular formula is C12H15BrO4. The van der Waals surface area contributed by atoms with E-state index in [9.17, 15) is 4.79 Å². The van der Waals surface area contributed by atoms with Crippen molar-refractivity contribution < 1.29 is 19.4 Å². The molecule has 1 rings (SSSR count). The van der Waals surface area contributed by atoms with E-state index >= 15 is 0 Å². The van der Waals surface area contributed by atoms with Crippen LogP contribution >= 0.6 is 15.9 Å². The second-order valence-corrected chi connectivity index (χ2v) is 4.28. The number of hydrogen-bond donors (Lipinski definition) is 1. The van der Waals surface area contributed by atoms with E-state index in [1.54, 1.807) is 19.2 Å². The topological polar surface area (TPSA) is 55.8 Å². The van der Waals surface area contributed by atoms with Crippen molar-refractivity contribution in [3.63, 3.8) is 0 Å². The van der Waals surface area contributed by atoms with Crippen molar-refractivity contribution in [2.24, 2.45) is 0 Å². The van der Waals surface area contributed by atoms with Crippen molar-refractivity contribution in [1.29, 1.82) is 0 Å². The molecule has 0 bridgehead atoms. The first-order valence-electron chi connectivity index (χ1n) is 5.29. The molecule has 4 nitrogen and oxygen atoms in total. The minimum absolute atomic E-state index is 0.0930. The standard InChI is InChI=1S/C12H15BrO4/c1-3-17-11-7-9(13)8(4-5-12(14)15)6-10(11)16-2/h6-7H,3-5H2,1-2H3,(H,14,15). The summed E-state index contributed by atoms with van der Waals surface area (Å²) in [4.78, 5) is 10.5. The monoisotopic (exact) mass is 302 g/mol. The van der Waals surface area contributed by atoms with E-state index in [2.05, 4.69) is 15.9 Å². The molecule has 17 heavy (non-hydrogen) atoms. The molecule has 0 amide bonds. The zero-order valence-electron chi connectivity index (χ0n) is 9.83. The summed E-state index contributed by atoms with van der Waals surface area (Å²) in [5, 5.41) is 8.66. The van der Waals surface area contributed by atoms with Crippen LogP contribution in [0.3, 0.4) is 0 Å². The Kier molecular flexibility index (Phi) is 5.28. The largest absolute Gasteiger partial charge is 0.493 e. The number of hydrogen-bond acceptors (Lipinski definition) is 3. The zero-order valence-corrected chi connectivity index (χ0v) is 11.4. The first-order valence-corrected chi connectivity index (χ1v) is 6.08. The third-order valence-electron chi connectivity index (χ3n) is 2.24. The number of aliphatic carboxylic acids is 1. The Hall–Kier alpha value is -1.23. The molecule has 1 aromatic rings. The number of methoxy groups -OCH3 is 1. The second kappa shape index (κ2) is 6.49. The highest BCUT2D eigenvalue weighted by molar-refractivity contribution is 9.10. The average Bonchev–Trinajstić information content (AvgIpc) is 2.28. The lowest BCUT2D eigenvalue weighted by atomic mass is 10.1. The van der Waals surface area contributed by atoms with Crippen LogP contribution in [0.5, 0.6) is 11.5 Å². The SMILES string of the molecule is CCOc1cc(Br)c(CCC(=O)O)cc1OC. The number of carboxylic acids is 1. The first-order chi connectivity index (χ1) is 8.08. The molecular weight excluding hydrogens is 288 g/mol. The predicted octanol–water partition coefficient (Wildman–Crippen LogP) is 2.87. The molecule has 1 aromatic carbocycles. The number of rotatable bonds is 6. The summed E-state index contributed by atoms with van der Waals surface area (Å²) in [7, 11) is 1.56. The lowest BCUT2D eigenvalue weighted by Gasteiger charge is -2.12. The summed E-state index contributed by atoms with van der Waals surface area (Å²) in [6.07, 6.45) is 0.550. The van der Waals surface area contributed by atoms with E-state index in [4.69, 9.17) is 14.6 Å². The van der Waals surface area contributed by atoms with Crippen LogP contribution in [-0.4, -0.2) is 24.8 Å². The van der Waals surface area contributed by atoms with Crippen LogP contribution in [0.1, 0.15) is 18.9 Å². The Bertz CT molecular complexity index is 404. The highest BCUT2D eigenvalue weighted by Gasteiger charge is 2.11. The molecule has 0 aromatic heterocycles. The van der Waals surface area contributed by atoms with Gasteiger partial charge in [0, 0.05) is 10.9 Å². The molecule has 5 heteroatoms.